The molecule has 0 bridgehead atoms. The number of carbonyl (C=O) groups is 1. The summed E-state index contributed by atoms with van der Waals surface area (Å²) in [7, 11) is 0. The summed E-state index contributed by atoms with van der Waals surface area (Å²) in [5, 5.41) is 4.12. The van der Waals surface area contributed by atoms with Gasteiger partial charge in [0.15, 0.2) is 0 Å². The van der Waals surface area contributed by atoms with Crippen LogP contribution >= 0.6 is 0 Å². The van der Waals surface area contributed by atoms with Crippen molar-refractivity contribution in [2.75, 3.05) is 5.32 Å². The van der Waals surface area contributed by atoms with Crippen molar-refractivity contribution in [3.63, 3.8) is 0 Å². The van der Waals surface area contributed by atoms with Crippen molar-refractivity contribution in [3.05, 3.63) is 72.2 Å². The first kappa shape index (κ1) is 21.0. The van der Waals surface area contributed by atoms with E-state index in [1.165, 1.54) is 23.1 Å². The Hall–Kier alpha value is -2.75. The van der Waals surface area contributed by atoms with Crippen LogP contribution < -0.4 is 5.32 Å². The van der Waals surface area contributed by atoms with E-state index < -0.39 is 0 Å². The summed E-state index contributed by atoms with van der Waals surface area (Å²) in [4.78, 5) is 16.7. The standard InChI is InChI=1S/C23H23FN2O.C2H6/c24-18-9-11-19(12-10-18)26-23(27)15-16-5-7-17(8-6-16)20-13-14-25-22-4-2-1-3-21(20)22;1-2/h1-4,9-14,16-17H,5-8,15H2,(H,26,27);1-2H3. The number of amides is 1. The lowest BCUT2D eigenvalue weighted by Gasteiger charge is -2.29. The number of halogens is 1. The molecule has 0 radical (unpaired) electrons. The molecule has 1 saturated carbocycles. The Bertz CT molecular complexity index is 926. The fraction of sp³-hybridized carbons (Fsp3) is 0.360. The number of benzene rings is 2. The average molecular weight is 393 g/mol. The number of pyridine rings is 1. The van der Waals surface area contributed by atoms with Gasteiger partial charge in [-0.25, -0.2) is 4.39 Å². The van der Waals surface area contributed by atoms with Crippen LogP contribution in [-0.4, -0.2) is 10.9 Å². The molecule has 1 amide bonds. The maximum Gasteiger partial charge on any atom is 0.224 e. The highest BCUT2D eigenvalue weighted by atomic mass is 19.1. The lowest BCUT2D eigenvalue weighted by atomic mass is 9.77. The van der Waals surface area contributed by atoms with E-state index in [4.69, 9.17) is 0 Å². The molecule has 1 N–H and O–H groups in total. The molecule has 1 heterocycles. The van der Waals surface area contributed by atoms with Crippen LogP contribution in [0.4, 0.5) is 10.1 Å². The van der Waals surface area contributed by atoms with Crippen molar-refractivity contribution in [3.8, 4) is 0 Å². The molecular formula is C25H29FN2O. The molecule has 1 aromatic heterocycles. The summed E-state index contributed by atoms with van der Waals surface area (Å²) < 4.78 is 13.0. The molecule has 0 unspecified atom stereocenters. The van der Waals surface area contributed by atoms with Gasteiger partial charge >= 0.3 is 0 Å². The third-order valence-corrected chi connectivity index (χ3v) is 5.57. The quantitative estimate of drug-likeness (QED) is 0.536. The minimum Gasteiger partial charge on any atom is -0.326 e. The lowest BCUT2D eigenvalue weighted by Crippen LogP contribution is -2.20. The molecule has 2 aromatic carbocycles. The largest absolute Gasteiger partial charge is 0.326 e. The molecule has 3 aromatic rings. The third-order valence-electron chi connectivity index (χ3n) is 5.57. The second-order valence-electron chi connectivity index (χ2n) is 7.39. The number of para-hydroxylation sites is 1. The van der Waals surface area contributed by atoms with E-state index in [1.807, 2.05) is 26.1 Å². The number of hydrogen-bond donors (Lipinski definition) is 1. The smallest absolute Gasteiger partial charge is 0.224 e. The normalized spacial score (nSPS) is 18.6. The molecule has 0 spiro atoms. The highest BCUT2D eigenvalue weighted by molar-refractivity contribution is 5.90. The van der Waals surface area contributed by atoms with Crippen molar-refractivity contribution in [1.82, 2.24) is 4.98 Å². The van der Waals surface area contributed by atoms with Crippen molar-refractivity contribution in [2.24, 2.45) is 5.92 Å². The molecule has 152 valence electrons. The fourth-order valence-corrected chi connectivity index (χ4v) is 4.16. The van der Waals surface area contributed by atoms with E-state index in [1.54, 1.807) is 12.1 Å². The Kier molecular flexibility index (Phi) is 7.34. The lowest BCUT2D eigenvalue weighted by molar-refractivity contribution is -0.117. The summed E-state index contributed by atoms with van der Waals surface area (Å²) >= 11 is 0. The van der Waals surface area contributed by atoms with Crippen LogP contribution in [-0.2, 0) is 4.79 Å². The Labute approximate surface area is 172 Å². The van der Waals surface area contributed by atoms with Crippen LogP contribution in [0.1, 0.15) is 57.4 Å². The zero-order valence-corrected chi connectivity index (χ0v) is 17.2. The molecule has 0 saturated heterocycles. The zero-order chi connectivity index (χ0) is 20.6. The van der Waals surface area contributed by atoms with Gasteiger partial charge in [-0.05, 0) is 79.5 Å². The first-order valence-electron chi connectivity index (χ1n) is 10.6. The Morgan fingerprint density at radius 1 is 1.00 bits per heavy atom. The number of rotatable bonds is 4. The highest BCUT2D eigenvalue weighted by Gasteiger charge is 2.25. The number of hydrogen-bond acceptors (Lipinski definition) is 2. The van der Waals surface area contributed by atoms with Gasteiger partial charge in [-0.2, -0.15) is 0 Å². The molecule has 29 heavy (non-hydrogen) atoms. The third kappa shape index (κ3) is 5.41. The highest BCUT2D eigenvalue weighted by Crippen LogP contribution is 2.39. The number of aromatic nitrogens is 1. The summed E-state index contributed by atoms with van der Waals surface area (Å²) in [5.74, 6) is 0.665. The fourth-order valence-electron chi connectivity index (χ4n) is 4.16. The van der Waals surface area contributed by atoms with Gasteiger partial charge in [0.2, 0.25) is 5.91 Å². The van der Waals surface area contributed by atoms with E-state index >= 15 is 0 Å². The predicted molar refractivity (Wildman–Crippen MR) is 117 cm³/mol. The van der Waals surface area contributed by atoms with Crippen LogP contribution in [0.3, 0.4) is 0 Å². The van der Waals surface area contributed by atoms with Gasteiger partial charge in [-0.1, -0.05) is 32.0 Å². The van der Waals surface area contributed by atoms with Crippen LogP contribution in [0.2, 0.25) is 0 Å². The van der Waals surface area contributed by atoms with E-state index in [9.17, 15) is 9.18 Å². The van der Waals surface area contributed by atoms with Gasteiger partial charge in [0.25, 0.3) is 0 Å². The molecule has 1 fully saturated rings. The maximum atomic E-state index is 13.0. The molecule has 1 aliphatic rings. The summed E-state index contributed by atoms with van der Waals surface area (Å²) in [6.45, 7) is 4.00. The van der Waals surface area contributed by atoms with E-state index in [0.717, 1.165) is 31.2 Å². The summed E-state index contributed by atoms with van der Waals surface area (Å²) in [5.41, 5.74) is 3.09. The minimum absolute atomic E-state index is 0.0134. The van der Waals surface area contributed by atoms with Gasteiger partial charge in [0.1, 0.15) is 5.82 Å². The number of nitrogens with one attached hydrogen (secondary N) is 1. The molecule has 4 rings (SSSR count). The van der Waals surface area contributed by atoms with Crippen molar-refractivity contribution in [1.29, 1.82) is 0 Å². The average Bonchev–Trinajstić information content (AvgIpc) is 2.77. The second kappa shape index (κ2) is 10.1. The van der Waals surface area contributed by atoms with Crippen molar-refractivity contribution < 1.29 is 9.18 Å². The van der Waals surface area contributed by atoms with Crippen LogP contribution in [0, 0.1) is 11.7 Å². The molecule has 4 heteroatoms. The Balaban J connectivity index is 0.00000117. The second-order valence-corrected chi connectivity index (χ2v) is 7.39. The topological polar surface area (TPSA) is 42.0 Å². The zero-order valence-electron chi connectivity index (χ0n) is 17.2. The van der Waals surface area contributed by atoms with Gasteiger partial charge in [0, 0.05) is 23.7 Å². The monoisotopic (exact) mass is 392 g/mol. The Morgan fingerprint density at radius 2 is 1.69 bits per heavy atom. The number of nitrogens with zero attached hydrogens (tertiary/aromatic N) is 1. The number of fused-ring (bicyclic) bond motifs is 1. The molecule has 0 atom stereocenters. The van der Waals surface area contributed by atoms with Gasteiger partial charge in [-0.15, -0.1) is 0 Å². The van der Waals surface area contributed by atoms with Crippen LogP contribution in [0.5, 0.6) is 0 Å². The number of carbonyl (C=O) groups excluding carboxylic acids is 1. The van der Waals surface area contributed by atoms with E-state index in [0.29, 0.717) is 23.9 Å². The first-order valence-corrected chi connectivity index (χ1v) is 10.6. The Morgan fingerprint density at radius 3 is 2.41 bits per heavy atom. The van der Waals surface area contributed by atoms with Gasteiger partial charge in [0.05, 0.1) is 5.52 Å². The van der Waals surface area contributed by atoms with Crippen molar-refractivity contribution >= 4 is 22.5 Å². The van der Waals surface area contributed by atoms with E-state index in [2.05, 4.69) is 34.6 Å². The maximum absolute atomic E-state index is 13.0. The van der Waals surface area contributed by atoms with Crippen LogP contribution in [0.15, 0.2) is 60.8 Å². The van der Waals surface area contributed by atoms with Gasteiger partial charge in [-0.3, -0.25) is 9.78 Å². The molecule has 0 aliphatic heterocycles. The van der Waals surface area contributed by atoms with Crippen molar-refractivity contribution in [2.45, 2.75) is 51.9 Å². The summed E-state index contributed by atoms with van der Waals surface area (Å²) in [6, 6.07) is 16.4. The predicted octanol–water partition coefficient (Wildman–Crippen LogP) is 6.70. The minimum atomic E-state index is -0.296. The first-order chi connectivity index (χ1) is 14.2. The molecule has 3 nitrogen and oxygen atoms in total. The van der Waals surface area contributed by atoms with Gasteiger partial charge < -0.3 is 5.32 Å². The molecular weight excluding hydrogens is 363 g/mol. The van der Waals surface area contributed by atoms with E-state index in [-0.39, 0.29) is 11.7 Å². The number of anilines is 1. The SMILES string of the molecule is CC.O=C(CC1CCC(c2ccnc3ccccc23)CC1)Nc1ccc(F)cc1. The van der Waals surface area contributed by atoms with Crippen LogP contribution in [0.25, 0.3) is 10.9 Å². The summed E-state index contributed by atoms with van der Waals surface area (Å²) in [6.07, 6.45) is 6.74. The molecule has 1 aliphatic carbocycles.